The largest absolute Gasteiger partial charge is 0.480 e. The van der Waals surface area contributed by atoms with Gasteiger partial charge < -0.3 is 10.4 Å². The van der Waals surface area contributed by atoms with Crippen molar-refractivity contribution in [2.24, 2.45) is 0 Å². The number of hydrogen-bond donors (Lipinski definition) is 2. The second-order valence-corrected chi connectivity index (χ2v) is 5.87. The summed E-state index contributed by atoms with van der Waals surface area (Å²) in [7, 11) is 0. The molecular formula is C19H21NO3. The van der Waals surface area contributed by atoms with Crippen LogP contribution in [0.2, 0.25) is 0 Å². The van der Waals surface area contributed by atoms with Crippen molar-refractivity contribution in [1.29, 1.82) is 0 Å². The number of benzene rings is 2. The topological polar surface area (TPSA) is 66.4 Å². The van der Waals surface area contributed by atoms with Crippen molar-refractivity contribution >= 4 is 11.9 Å². The Morgan fingerprint density at radius 1 is 1.04 bits per heavy atom. The van der Waals surface area contributed by atoms with E-state index in [0.717, 1.165) is 22.3 Å². The molecule has 4 heteroatoms. The van der Waals surface area contributed by atoms with E-state index in [2.05, 4.69) is 5.32 Å². The fourth-order valence-corrected chi connectivity index (χ4v) is 2.61. The maximum Gasteiger partial charge on any atom is 0.326 e. The molecule has 0 aromatic heterocycles. The second-order valence-electron chi connectivity index (χ2n) is 5.87. The number of carboxylic acid groups (broad SMARTS) is 1. The van der Waals surface area contributed by atoms with E-state index in [-0.39, 0.29) is 12.3 Å². The van der Waals surface area contributed by atoms with E-state index < -0.39 is 12.0 Å². The van der Waals surface area contributed by atoms with E-state index in [4.69, 9.17) is 0 Å². The number of aliphatic carboxylic acids is 1. The van der Waals surface area contributed by atoms with Crippen LogP contribution in [0.15, 0.2) is 42.5 Å². The summed E-state index contributed by atoms with van der Waals surface area (Å²) in [5.74, 6) is -1.40. The highest BCUT2D eigenvalue weighted by Gasteiger charge is 2.22. The summed E-state index contributed by atoms with van der Waals surface area (Å²) in [6.45, 7) is 5.75. The van der Waals surface area contributed by atoms with Gasteiger partial charge in [-0.2, -0.15) is 0 Å². The van der Waals surface area contributed by atoms with Gasteiger partial charge in [0.05, 0.1) is 0 Å². The molecule has 0 spiro atoms. The van der Waals surface area contributed by atoms with Gasteiger partial charge in [0.25, 0.3) is 5.91 Å². The minimum atomic E-state index is -1.04. The average Bonchev–Trinajstić information content (AvgIpc) is 2.47. The van der Waals surface area contributed by atoms with Crippen LogP contribution in [-0.2, 0) is 11.2 Å². The molecule has 0 bridgehead atoms. The van der Waals surface area contributed by atoms with Gasteiger partial charge in [-0.15, -0.1) is 0 Å². The molecule has 4 nitrogen and oxygen atoms in total. The number of rotatable bonds is 5. The van der Waals surface area contributed by atoms with Crippen LogP contribution in [0.1, 0.15) is 32.6 Å². The molecule has 0 fully saturated rings. The molecule has 2 N–H and O–H groups in total. The van der Waals surface area contributed by atoms with Crippen molar-refractivity contribution in [3.05, 3.63) is 70.3 Å². The standard InChI is InChI=1S/C19H21NO3/c1-12-8-13(2)10-16(9-12)18(21)20-17(19(22)23)11-15-7-5-4-6-14(15)3/h4-10,17H,11H2,1-3H3,(H,20,21)(H,22,23)/t17-/m1/s1. The lowest BCUT2D eigenvalue weighted by Gasteiger charge is -2.16. The Labute approximate surface area is 136 Å². The highest BCUT2D eigenvalue weighted by atomic mass is 16.4. The minimum absolute atomic E-state index is 0.262. The molecule has 2 aromatic carbocycles. The van der Waals surface area contributed by atoms with Gasteiger partial charge in [-0.1, -0.05) is 41.5 Å². The van der Waals surface area contributed by atoms with Gasteiger partial charge in [0.1, 0.15) is 6.04 Å². The van der Waals surface area contributed by atoms with Gasteiger partial charge in [0, 0.05) is 12.0 Å². The third kappa shape index (κ3) is 4.42. The number of nitrogens with one attached hydrogen (secondary N) is 1. The molecule has 1 amide bonds. The zero-order valence-electron chi connectivity index (χ0n) is 13.6. The van der Waals surface area contributed by atoms with E-state index in [1.54, 1.807) is 12.1 Å². The summed E-state index contributed by atoms with van der Waals surface area (Å²) in [4.78, 5) is 23.9. The first-order valence-corrected chi connectivity index (χ1v) is 7.53. The van der Waals surface area contributed by atoms with E-state index in [1.807, 2.05) is 51.1 Å². The molecule has 0 saturated heterocycles. The lowest BCUT2D eigenvalue weighted by atomic mass is 10.0. The average molecular weight is 311 g/mol. The Bertz CT molecular complexity index is 717. The number of hydrogen-bond acceptors (Lipinski definition) is 2. The SMILES string of the molecule is Cc1cc(C)cc(C(=O)N[C@H](Cc2ccccc2C)C(=O)O)c1. The lowest BCUT2D eigenvalue weighted by Crippen LogP contribution is -2.42. The molecule has 1 atom stereocenters. The normalized spacial score (nSPS) is 11.8. The Balaban J connectivity index is 2.18. The fourth-order valence-electron chi connectivity index (χ4n) is 2.61. The number of carboxylic acids is 1. The molecule has 0 aliphatic heterocycles. The summed E-state index contributed by atoms with van der Waals surface area (Å²) in [5.41, 5.74) is 4.36. The molecule has 0 aliphatic carbocycles. The summed E-state index contributed by atoms with van der Waals surface area (Å²) < 4.78 is 0. The molecule has 0 unspecified atom stereocenters. The minimum Gasteiger partial charge on any atom is -0.480 e. The van der Waals surface area contributed by atoms with Gasteiger partial charge in [0.2, 0.25) is 0 Å². The number of carbonyl (C=O) groups excluding carboxylic acids is 1. The van der Waals surface area contributed by atoms with Crippen molar-refractivity contribution in [3.8, 4) is 0 Å². The van der Waals surface area contributed by atoms with Crippen LogP contribution in [-0.4, -0.2) is 23.0 Å². The Kier molecular flexibility index (Phi) is 5.16. The van der Waals surface area contributed by atoms with E-state index >= 15 is 0 Å². The predicted octanol–water partition coefficient (Wildman–Crippen LogP) is 3.04. The highest BCUT2D eigenvalue weighted by molar-refractivity contribution is 5.97. The van der Waals surface area contributed by atoms with Crippen LogP contribution in [0.5, 0.6) is 0 Å². The van der Waals surface area contributed by atoms with Crippen molar-refractivity contribution in [3.63, 3.8) is 0 Å². The molecule has 0 heterocycles. The molecule has 23 heavy (non-hydrogen) atoms. The van der Waals surface area contributed by atoms with Crippen molar-refractivity contribution in [1.82, 2.24) is 5.32 Å². The van der Waals surface area contributed by atoms with Crippen LogP contribution < -0.4 is 5.32 Å². The van der Waals surface area contributed by atoms with Gasteiger partial charge in [0.15, 0.2) is 0 Å². The van der Waals surface area contributed by atoms with Crippen LogP contribution in [0, 0.1) is 20.8 Å². The van der Waals surface area contributed by atoms with Gasteiger partial charge in [-0.05, 0) is 44.0 Å². The van der Waals surface area contributed by atoms with Gasteiger partial charge in [-0.3, -0.25) is 4.79 Å². The van der Waals surface area contributed by atoms with Gasteiger partial charge in [-0.25, -0.2) is 4.79 Å². The molecule has 2 rings (SSSR count). The molecular weight excluding hydrogens is 290 g/mol. The first kappa shape index (κ1) is 16.7. The maximum atomic E-state index is 12.4. The van der Waals surface area contributed by atoms with E-state index in [1.165, 1.54) is 0 Å². The lowest BCUT2D eigenvalue weighted by molar-refractivity contribution is -0.139. The third-order valence-corrected chi connectivity index (χ3v) is 3.77. The van der Waals surface area contributed by atoms with Crippen molar-refractivity contribution in [2.75, 3.05) is 0 Å². The third-order valence-electron chi connectivity index (χ3n) is 3.77. The zero-order valence-corrected chi connectivity index (χ0v) is 13.6. The molecule has 0 aliphatic rings. The molecule has 0 saturated carbocycles. The van der Waals surface area contributed by atoms with E-state index in [0.29, 0.717) is 5.56 Å². The fraction of sp³-hybridized carbons (Fsp3) is 0.263. The predicted molar refractivity (Wildman–Crippen MR) is 89.7 cm³/mol. The number of aryl methyl sites for hydroxylation is 3. The highest BCUT2D eigenvalue weighted by Crippen LogP contribution is 2.12. The quantitative estimate of drug-likeness (QED) is 0.892. The summed E-state index contributed by atoms with van der Waals surface area (Å²) >= 11 is 0. The van der Waals surface area contributed by atoms with Crippen molar-refractivity contribution in [2.45, 2.75) is 33.2 Å². The first-order valence-electron chi connectivity index (χ1n) is 7.53. The van der Waals surface area contributed by atoms with Gasteiger partial charge >= 0.3 is 5.97 Å². The number of carbonyl (C=O) groups is 2. The van der Waals surface area contributed by atoms with Crippen LogP contribution in [0.4, 0.5) is 0 Å². The Hall–Kier alpha value is -2.62. The zero-order chi connectivity index (χ0) is 17.0. The second kappa shape index (κ2) is 7.09. The summed E-state index contributed by atoms with van der Waals surface area (Å²) in [5, 5.41) is 12.0. The van der Waals surface area contributed by atoms with Crippen LogP contribution >= 0.6 is 0 Å². The summed E-state index contributed by atoms with van der Waals surface area (Å²) in [6, 6.07) is 12.1. The van der Waals surface area contributed by atoms with Crippen LogP contribution in [0.3, 0.4) is 0 Å². The summed E-state index contributed by atoms with van der Waals surface area (Å²) in [6.07, 6.45) is 0.262. The Morgan fingerprint density at radius 3 is 2.22 bits per heavy atom. The molecule has 120 valence electrons. The smallest absolute Gasteiger partial charge is 0.326 e. The maximum absolute atomic E-state index is 12.4. The van der Waals surface area contributed by atoms with E-state index in [9.17, 15) is 14.7 Å². The van der Waals surface area contributed by atoms with Crippen LogP contribution in [0.25, 0.3) is 0 Å². The molecule has 0 radical (unpaired) electrons. The first-order chi connectivity index (χ1) is 10.9. The van der Waals surface area contributed by atoms with Crippen molar-refractivity contribution < 1.29 is 14.7 Å². The molecule has 2 aromatic rings. The number of amides is 1. The Morgan fingerprint density at radius 2 is 1.65 bits per heavy atom. The monoisotopic (exact) mass is 311 g/mol.